The summed E-state index contributed by atoms with van der Waals surface area (Å²) in [5, 5.41) is 0. The van der Waals surface area contributed by atoms with Gasteiger partial charge in [-0.2, -0.15) is 12.6 Å². The van der Waals surface area contributed by atoms with Crippen LogP contribution in [0, 0.1) is 11.8 Å². The Bertz CT molecular complexity index is 493. The molecule has 0 aliphatic carbocycles. The Hall–Kier alpha value is -1.80. The minimum absolute atomic E-state index is 0.595. The SMILES string of the molecule is SCCC#Cc1cnc(-n2ccnc2)nc1. The van der Waals surface area contributed by atoms with Gasteiger partial charge < -0.3 is 0 Å². The van der Waals surface area contributed by atoms with Gasteiger partial charge >= 0.3 is 0 Å². The summed E-state index contributed by atoms with van der Waals surface area (Å²) < 4.78 is 1.74. The molecule has 16 heavy (non-hydrogen) atoms. The molecule has 4 nitrogen and oxygen atoms in total. The first kappa shape index (κ1) is 10.7. The second-order valence-corrected chi connectivity index (χ2v) is 3.46. The van der Waals surface area contributed by atoms with Crippen molar-refractivity contribution in [2.75, 3.05) is 5.75 Å². The van der Waals surface area contributed by atoms with E-state index in [1.54, 1.807) is 35.7 Å². The topological polar surface area (TPSA) is 43.6 Å². The van der Waals surface area contributed by atoms with E-state index < -0.39 is 0 Å². The zero-order chi connectivity index (χ0) is 11.2. The Labute approximate surface area is 99.2 Å². The van der Waals surface area contributed by atoms with Crippen LogP contribution in [-0.4, -0.2) is 25.3 Å². The lowest BCUT2D eigenvalue weighted by atomic mass is 10.3. The molecule has 0 bridgehead atoms. The number of hydrogen-bond acceptors (Lipinski definition) is 4. The Morgan fingerprint density at radius 3 is 2.75 bits per heavy atom. The molecule has 2 aromatic rings. The van der Waals surface area contributed by atoms with Crippen molar-refractivity contribution in [2.24, 2.45) is 0 Å². The van der Waals surface area contributed by atoms with E-state index in [1.165, 1.54) is 0 Å². The molecule has 0 saturated heterocycles. The van der Waals surface area contributed by atoms with Gasteiger partial charge in [-0.25, -0.2) is 15.0 Å². The van der Waals surface area contributed by atoms with Gasteiger partial charge in [-0.15, -0.1) is 0 Å². The van der Waals surface area contributed by atoms with Crippen LogP contribution in [0.4, 0.5) is 0 Å². The van der Waals surface area contributed by atoms with Gasteiger partial charge in [0, 0.05) is 37.0 Å². The minimum Gasteiger partial charge on any atom is -0.274 e. The summed E-state index contributed by atoms with van der Waals surface area (Å²) in [6, 6.07) is 0. The molecule has 0 saturated carbocycles. The average Bonchev–Trinajstić information content (AvgIpc) is 2.84. The second kappa shape index (κ2) is 5.33. The van der Waals surface area contributed by atoms with Crippen LogP contribution in [0.3, 0.4) is 0 Å². The minimum atomic E-state index is 0.595. The molecule has 2 aromatic heterocycles. The van der Waals surface area contributed by atoms with E-state index in [1.807, 2.05) is 0 Å². The van der Waals surface area contributed by atoms with Crippen molar-refractivity contribution in [1.82, 2.24) is 19.5 Å². The maximum Gasteiger partial charge on any atom is 0.234 e. The second-order valence-electron chi connectivity index (χ2n) is 3.02. The van der Waals surface area contributed by atoms with Crippen molar-refractivity contribution in [3.63, 3.8) is 0 Å². The quantitative estimate of drug-likeness (QED) is 0.625. The smallest absolute Gasteiger partial charge is 0.234 e. The van der Waals surface area contributed by atoms with E-state index in [4.69, 9.17) is 0 Å². The van der Waals surface area contributed by atoms with Gasteiger partial charge in [0.05, 0.1) is 5.56 Å². The number of imidazole rings is 1. The van der Waals surface area contributed by atoms with Gasteiger partial charge in [-0.3, -0.25) is 4.57 Å². The summed E-state index contributed by atoms with van der Waals surface area (Å²) >= 11 is 4.08. The first-order valence-electron chi connectivity index (χ1n) is 4.80. The fourth-order valence-electron chi connectivity index (χ4n) is 1.12. The number of aromatic nitrogens is 4. The molecule has 0 spiro atoms. The molecule has 0 amide bonds. The molecule has 5 heteroatoms. The molecule has 0 N–H and O–H groups in total. The average molecular weight is 230 g/mol. The third-order valence-electron chi connectivity index (χ3n) is 1.84. The van der Waals surface area contributed by atoms with Crippen LogP contribution in [-0.2, 0) is 0 Å². The van der Waals surface area contributed by atoms with Crippen molar-refractivity contribution in [3.8, 4) is 17.8 Å². The van der Waals surface area contributed by atoms with Gasteiger partial charge in [0.25, 0.3) is 0 Å². The monoisotopic (exact) mass is 230 g/mol. The summed E-state index contributed by atoms with van der Waals surface area (Å²) in [6.45, 7) is 0. The van der Waals surface area contributed by atoms with E-state index in [2.05, 4.69) is 39.4 Å². The Morgan fingerprint density at radius 2 is 2.12 bits per heavy atom. The lowest BCUT2D eigenvalue weighted by Crippen LogP contribution is -1.97. The first-order chi connectivity index (χ1) is 7.90. The largest absolute Gasteiger partial charge is 0.274 e. The summed E-state index contributed by atoms with van der Waals surface area (Å²) in [6.07, 6.45) is 9.31. The van der Waals surface area contributed by atoms with Gasteiger partial charge in [0.1, 0.15) is 6.33 Å². The van der Waals surface area contributed by atoms with Crippen molar-refractivity contribution in [2.45, 2.75) is 6.42 Å². The molecule has 0 aliphatic rings. The highest BCUT2D eigenvalue weighted by Crippen LogP contribution is 1.99. The third-order valence-corrected chi connectivity index (χ3v) is 2.07. The van der Waals surface area contributed by atoms with Crippen molar-refractivity contribution < 1.29 is 0 Å². The first-order valence-corrected chi connectivity index (χ1v) is 5.43. The van der Waals surface area contributed by atoms with Gasteiger partial charge in [0.2, 0.25) is 5.95 Å². The molecule has 0 radical (unpaired) electrons. The molecule has 0 aromatic carbocycles. The number of thiol groups is 1. The normalized spacial score (nSPS) is 9.56. The molecule has 2 heterocycles. The van der Waals surface area contributed by atoms with E-state index in [0.717, 1.165) is 17.7 Å². The standard InChI is InChI=1S/C11H10N4S/c16-6-2-1-3-10-7-13-11(14-8-10)15-5-4-12-9-15/h4-5,7-9,16H,2,6H2. The van der Waals surface area contributed by atoms with E-state index in [9.17, 15) is 0 Å². The van der Waals surface area contributed by atoms with E-state index in [-0.39, 0.29) is 0 Å². The fourth-order valence-corrected chi connectivity index (χ4v) is 1.23. The van der Waals surface area contributed by atoms with Crippen LogP contribution >= 0.6 is 12.6 Å². The molecule has 0 aliphatic heterocycles. The Balaban J connectivity index is 2.15. The molecule has 80 valence electrons. The zero-order valence-corrected chi connectivity index (χ0v) is 9.43. The third kappa shape index (κ3) is 2.61. The summed E-state index contributed by atoms with van der Waals surface area (Å²) in [5.41, 5.74) is 0.811. The Kier molecular flexibility index (Phi) is 3.57. The van der Waals surface area contributed by atoms with Crippen molar-refractivity contribution in [1.29, 1.82) is 0 Å². The lowest BCUT2D eigenvalue weighted by Gasteiger charge is -1.98. The van der Waals surface area contributed by atoms with Crippen molar-refractivity contribution >= 4 is 12.6 Å². The van der Waals surface area contributed by atoms with Crippen LogP contribution in [0.5, 0.6) is 0 Å². The van der Waals surface area contributed by atoms with Crippen LogP contribution < -0.4 is 0 Å². The maximum atomic E-state index is 4.19. The summed E-state index contributed by atoms with van der Waals surface area (Å²) in [5.74, 6) is 7.31. The molecule has 0 unspecified atom stereocenters. The highest BCUT2D eigenvalue weighted by atomic mass is 32.1. The maximum absolute atomic E-state index is 4.19. The summed E-state index contributed by atoms with van der Waals surface area (Å²) in [4.78, 5) is 12.3. The van der Waals surface area contributed by atoms with Gasteiger partial charge in [-0.1, -0.05) is 11.8 Å². The molecule has 0 atom stereocenters. The van der Waals surface area contributed by atoms with Crippen LogP contribution in [0.2, 0.25) is 0 Å². The molecule has 2 rings (SSSR count). The van der Waals surface area contributed by atoms with Crippen LogP contribution in [0.25, 0.3) is 5.95 Å². The predicted molar refractivity (Wildman–Crippen MR) is 64.5 cm³/mol. The highest BCUT2D eigenvalue weighted by Gasteiger charge is 1.97. The fraction of sp³-hybridized carbons (Fsp3) is 0.182. The van der Waals surface area contributed by atoms with E-state index >= 15 is 0 Å². The zero-order valence-electron chi connectivity index (χ0n) is 8.54. The summed E-state index contributed by atoms with van der Waals surface area (Å²) in [7, 11) is 0. The van der Waals surface area contributed by atoms with Crippen LogP contribution in [0.15, 0.2) is 31.1 Å². The number of nitrogens with zero attached hydrogens (tertiary/aromatic N) is 4. The Morgan fingerprint density at radius 1 is 1.31 bits per heavy atom. The number of hydrogen-bond donors (Lipinski definition) is 1. The molecular weight excluding hydrogens is 220 g/mol. The lowest BCUT2D eigenvalue weighted by molar-refractivity contribution is 0.923. The van der Waals surface area contributed by atoms with E-state index in [0.29, 0.717) is 5.95 Å². The predicted octanol–water partition coefficient (Wildman–Crippen LogP) is 1.33. The molecular formula is C11H10N4S. The van der Waals surface area contributed by atoms with Gasteiger partial charge in [0.15, 0.2) is 0 Å². The highest BCUT2D eigenvalue weighted by molar-refractivity contribution is 7.80. The van der Waals surface area contributed by atoms with Crippen LogP contribution in [0.1, 0.15) is 12.0 Å². The van der Waals surface area contributed by atoms with Gasteiger partial charge in [-0.05, 0) is 0 Å². The number of rotatable bonds is 2. The molecule has 0 fully saturated rings. The van der Waals surface area contributed by atoms with Crippen molar-refractivity contribution in [3.05, 3.63) is 36.7 Å².